The fourth-order valence-corrected chi connectivity index (χ4v) is 4.32. The summed E-state index contributed by atoms with van der Waals surface area (Å²) in [4.78, 5) is 43.2. The van der Waals surface area contributed by atoms with Crippen LogP contribution in [0.1, 0.15) is 51.6 Å². The first kappa shape index (κ1) is 23.0. The van der Waals surface area contributed by atoms with Crippen molar-refractivity contribution >= 4 is 17.9 Å². The van der Waals surface area contributed by atoms with Crippen LogP contribution in [0.25, 0.3) is 0 Å². The van der Waals surface area contributed by atoms with Gasteiger partial charge in [0.2, 0.25) is 11.8 Å². The number of rotatable bonds is 2. The second-order valence-corrected chi connectivity index (χ2v) is 9.30. The molecule has 0 bridgehead atoms. The second kappa shape index (κ2) is 9.24. The van der Waals surface area contributed by atoms with Gasteiger partial charge in [-0.15, -0.1) is 0 Å². The maximum atomic E-state index is 13.9. The SMILES string of the molecule is CN1C(=O)CCC(C(=O)N2CCCN(C(=O)OC(C)(C)C)CC2)C1c1cccc(F)c1. The minimum atomic E-state index is -0.573. The lowest BCUT2D eigenvalue weighted by Crippen LogP contribution is -2.48. The van der Waals surface area contributed by atoms with Gasteiger partial charge < -0.3 is 19.4 Å². The molecule has 0 N–H and O–H groups in total. The molecule has 7 nitrogen and oxygen atoms in total. The van der Waals surface area contributed by atoms with Crippen molar-refractivity contribution in [1.82, 2.24) is 14.7 Å². The lowest BCUT2D eigenvalue weighted by atomic mass is 9.83. The molecule has 2 atom stereocenters. The summed E-state index contributed by atoms with van der Waals surface area (Å²) in [6.45, 7) is 7.33. The summed E-state index contributed by atoms with van der Waals surface area (Å²) in [6.07, 6.45) is 0.992. The van der Waals surface area contributed by atoms with Crippen molar-refractivity contribution in [3.63, 3.8) is 0 Å². The number of carbonyl (C=O) groups excluding carboxylic acids is 3. The Morgan fingerprint density at radius 1 is 1.10 bits per heavy atom. The third-order valence-electron chi connectivity index (χ3n) is 5.83. The van der Waals surface area contributed by atoms with Gasteiger partial charge in [-0.25, -0.2) is 9.18 Å². The van der Waals surface area contributed by atoms with Crippen LogP contribution in [0, 0.1) is 11.7 Å². The lowest BCUT2D eigenvalue weighted by molar-refractivity contribution is -0.146. The Hall–Kier alpha value is -2.64. The lowest BCUT2D eigenvalue weighted by Gasteiger charge is -2.40. The van der Waals surface area contributed by atoms with Crippen LogP contribution in [0.4, 0.5) is 9.18 Å². The van der Waals surface area contributed by atoms with Gasteiger partial charge in [-0.1, -0.05) is 12.1 Å². The molecule has 2 aliphatic rings. The first-order chi connectivity index (χ1) is 14.6. The second-order valence-electron chi connectivity index (χ2n) is 9.30. The van der Waals surface area contributed by atoms with Crippen LogP contribution in [0.15, 0.2) is 24.3 Å². The summed E-state index contributed by atoms with van der Waals surface area (Å²) < 4.78 is 19.3. The molecule has 3 amide bonds. The number of likely N-dealkylation sites (tertiary alicyclic amines) is 1. The highest BCUT2D eigenvalue weighted by Crippen LogP contribution is 2.37. The number of ether oxygens (including phenoxy) is 1. The van der Waals surface area contributed by atoms with E-state index >= 15 is 0 Å². The van der Waals surface area contributed by atoms with E-state index in [0.717, 1.165) is 0 Å². The summed E-state index contributed by atoms with van der Waals surface area (Å²) in [5.74, 6) is -0.944. The number of nitrogens with zero attached hydrogens (tertiary/aromatic N) is 3. The quantitative estimate of drug-likeness (QED) is 0.718. The Labute approximate surface area is 183 Å². The molecule has 0 aromatic heterocycles. The molecule has 2 fully saturated rings. The van der Waals surface area contributed by atoms with Crippen LogP contribution in [-0.2, 0) is 14.3 Å². The predicted molar refractivity (Wildman–Crippen MR) is 114 cm³/mol. The Bertz CT molecular complexity index is 838. The van der Waals surface area contributed by atoms with E-state index in [9.17, 15) is 18.8 Å². The summed E-state index contributed by atoms with van der Waals surface area (Å²) in [5.41, 5.74) is 0.0510. The van der Waals surface area contributed by atoms with Gasteiger partial charge in [0.1, 0.15) is 11.4 Å². The maximum Gasteiger partial charge on any atom is 0.410 e. The van der Waals surface area contributed by atoms with Crippen LogP contribution in [0.3, 0.4) is 0 Å². The molecule has 0 aliphatic carbocycles. The van der Waals surface area contributed by atoms with E-state index in [1.807, 2.05) is 20.8 Å². The molecule has 1 aromatic carbocycles. The number of halogens is 1. The van der Waals surface area contributed by atoms with Crippen molar-refractivity contribution in [2.24, 2.45) is 5.92 Å². The average Bonchev–Trinajstić information content (AvgIpc) is 2.94. The molecule has 0 radical (unpaired) electrons. The zero-order valence-corrected chi connectivity index (χ0v) is 18.8. The van der Waals surface area contributed by atoms with Crippen LogP contribution < -0.4 is 0 Å². The number of benzene rings is 1. The summed E-state index contributed by atoms with van der Waals surface area (Å²) in [6, 6.07) is 5.60. The molecule has 0 saturated carbocycles. The van der Waals surface area contributed by atoms with Gasteiger partial charge in [-0.05, 0) is 51.3 Å². The van der Waals surface area contributed by atoms with Crippen LogP contribution in [0.2, 0.25) is 0 Å². The Morgan fingerprint density at radius 2 is 1.77 bits per heavy atom. The number of hydrogen-bond acceptors (Lipinski definition) is 4. The Balaban J connectivity index is 1.74. The minimum Gasteiger partial charge on any atom is -0.444 e. The van der Waals surface area contributed by atoms with Gasteiger partial charge in [0, 0.05) is 39.6 Å². The van der Waals surface area contributed by atoms with Crippen LogP contribution in [0.5, 0.6) is 0 Å². The molecule has 31 heavy (non-hydrogen) atoms. The smallest absolute Gasteiger partial charge is 0.410 e. The van der Waals surface area contributed by atoms with Gasteiger partial charge in [0.05, 0.1) is 12.0 Å². The van der Waals surface area contributed by atoms with E-state index in [1.54, 1.807) is 33.9 Å². The summed E-state index contributed by atoms with van der Waals surface area (Å²) in [5, 5.41) is 0. The first-order valence-electron chi connectivity index (χ1n) is 10.8. The van der Waals surface area contributed by atoms with E-state index in [0.29, 0.717) is 44.6 Å². The van der Waals surface area contributed by atoms with Crippen LogP contribution >= 0.6 is 0 Å². The molecule has 3 rings (SSSR count). The van der Waals surface area contributed by atoms with Crippen molar-refractivity contribution in [3.05, 3.63) is 35.6 Å². The van der Waals surface area contributed by atoms with Crippen molar-refractivity contribution in [2.75, 3.05) is 33.2 Å². The molecule has 2 unspecified atom stereocenters. The minimum absolute atomic E-state index is 0.0507. The third kappa shape index (κ3) is 5.54. The van der Waals surface area contributed by atoms with Crippen molar-refractivity contribution in [2.45, 2.75) is 51.7 Å². The molecule has 8 heteroatoms. The van der Waals surface area contributed by atoms with Gasteiger partial charge in [0.25, 0.3) is 0 Å². The highest BCUT2D eigenvalue weighted by Gasteiger charge is 2.41. The van der Waals surface area contributed by atoms with Gasteiger partial charge in [-0.2, -0.15) is 0 Å². The molecule has 2 heterocycles. The topological polar surface area (TPSA) is 70.2 Å². The summed E-state index contributed by atoms with van der Waals surface area (Å²) >= 11 is 0. The summed E-state index contributed by atoms with van der Waals surface area (Å²) in [7, 11) is 1.67. The molecule has 2 aliphatic heterocycles. The highest BCUT2D eigenvalue weighted by atomic mass is 19.1. The molecule has 2 saturated heterocycles. The van der Waals surface area contributed by atoms with Crippen molar-refractivity contribution in [1.29, 1.82) is 0 Å². The van der Waals surface area contributed by atoms with E-state index in [-0.39, 0.29) is 24.3 Å². The fraction of sp³-hybridized carbons (Fsp3) is 0.609. The van der Waals surface area contributed by atoms with Gasteiger partial charge >= 0.3 is 6.09 Å². The highest BCUT2D eigenvalue weighted by molar-refractivity contribution is 5.85. The normalized spacial score (nSPS) is 22.9. The van der Waals surface area contributed by atoms with E-state index in [1.165, 1.54) is 12.1 Å². The van der Waals surface area contributed by atoms with Crippen molar-refractivity contribution < 1.29 is 23.5 Å². The predicted octanol–water partition coefficient (Wildman–Crippen LogP) is 3.20. The monoisotopic (exact) mass is 433 g/mol. The van der Waals surface area contributed by atoms with E-state index in [4.69, 9.17) is 4.74 Å². The Kier molecular flexibility index (Phi) is 6.86. The molecular weight excluding hydrogens is 401 g/mol. The zero-order valence-electron chi connectivity index (χ0n) is 18.8. The van der Waals surface area contributed by atoms with Gasteiger partial charge in [0.15, 0.2) is 0 Å². The Morgan fingerprint density at radius 3 is 2.45 bits per heavy atom. The standard InChI is InChI=1S/C23H32FN3O4/c1-23(2,3)31-22(30)27-12-6-11-26(13-14-27)21(29)18-9-10-19(28)25(4)20(18)16-7-5-8-17(24)15-16/h5,7-8,15,18,20H,6,9-14H2,1-4H3. The van der Waals surface area contributed by atoms with Crippen LogP contribution in [-0.4, -0.2) is 71.4 Å². The maximum absolute atomic E-state index is 13.9. The number of amides is 3. The fourth-order valence-electron chi connectivity index (χ4n) is 4.32. The number of hydrogen-bond donors (Lipinski definition) is 0. The van der Waals surface area contributed by atoms with E-state index < -0.39 is 23.4 Å². The largest absolute Gasteiger partial charge is 0.444 e. The van der Waals surface area contributed by atoms with Crippen molar-refractivity contribution in [3.8, 4) is 0 Å². The molecule has 0 spiro atoms. The van der Waals surface area contributed by atoms with Gasteiger partial charge in [-0.3, -0.25) is 9.59 Å². The average molecular weight is 434 g/mol. The molecule has 170 valence electrons. The zero-order chi connectivity index (χ0) is 22.8. The van der Waals surface area contributed by atoms with E-state index in [2.05, 4.69) is 0 Å². The number of piperidine rings is 1. The number of carbonyl (C=O) groups is 3. The first-order valence-corrected chi connectivity index (χ1v) is 10.8. The third-order valence-corrected chi connectivity index (χ3v) is 5.83. The molecule has 1 aromatic rings. The molecular formula is C23H32FN3O4.